The summed E-state index contributed by atoms with van der Waals surface area (Å²) in [5.74, 6) is -0.804. The van der Waals surface area contributed by atoms with Gasteiger partial charge in [-0.2, -0.15) is 11.8 Å². The second-order valence-electron chi connectivity index (χ2n) is 5.85. The van der Waals surface area contributed by atoms with Crippen LogP contribution in [0.4, 0.5) is 0 Å². The van der Waals surface area contributed by atoms with Crippen molar-refractivity contribution in [3.63, 3.8) is 0 Å². The number of carbonyl (C=O) groups is 2. The molecule has 0 spiro atoms. The molecule has 2 rings (SSSR count). The predicted molar refractivity (Wildman–Crippen MR) is 100 cm³/mol. The molecule has 0 saturated carbocycles. The predicted octanol–water partition coefficient (Wildman–Crippen LogP) is 1.89. The van der Waals surface area contributed by atoms with Crippen LogP contribution in [0.1, 0.15) is 16.7 Å². The Hall–Kier alpha value is -2.48. The van der Waals surface area contributed by atoms with Crippen LogP contribution in [-0.4, -0.2) is 42.1 Å². The van der Waals surface area contributed by atoms with Crippen LogP contribution in [0.3, 0.4) is 0 Å². The largest absolute Gasteiger partial charge is 0.496 e. The molecule has 1 aromatic carbocycles. The number of nitrogens with one attached hydrogen (secondary N) is 1. The van der Waals surface area contributed by atoms with E-state index in [0.717, 1.165) is 0 Å². The molecule has 1 atom stereocenters. The first-order valence-electron chi connectivity index (χ1n) is 7.91. The van der Waals surface area contributed by atoms with E-state index < -0.39 is 23.5 Å². The van der Waals surface area contributed by atoms with E-state index in [9.17, 15) is 14.4 Å². The molecule has 0 unspecified atom stereocenters. The minimum Gasteiger partial charge on any atom is -0.496 e. The van der Waals surface area contributed by atoms with E-state index in [-0.39, 0.29) is 17.7 Å². The molecule has 1 aromatic heterocycles. The molecule has 1 amide bonds. The number of amides is 1. The molecule has 0 radical (unpaired) electrons. The van der Waals surface area contributed by atoms with Gasteiger partial charge in [-0.1, -0.05) is 0 Å². The number of methoxy groups -OCH3 is 1. The maximum atomic E-state index is 12.4. The second-order valence-corrected chi connectivity index (χ2v) is 6.76. The van der Waals surface area contributed by atoms with Crippen LogP contribution in [-0.2, 0) is 16.0 Å². The molecule has 26 heavy (non-hydrogen) atoms. The zero-order valence-corrected chi connectivity index (χ0v) is 15.9. The van der Waals surface area contributed by atoms with Gasteiger partial charge >= 0.3 is 11.6 Å². The molecule has 0 aliphatic heterocycles. The fourth-order valence-corrected chi connectivity index (χ4v) is 3.30. The van der Waals surface area contributed by atoms with Gasteiger partial charge in [0.05, 0.1) is 19.1 Å². The number of benzene rings is 1. The van der Waals surface area contributed by atoms with Crippen molar-refractivity contribution in [1.29, 1.82) is 0 Å². The highest BCUT2D eigenvalue weighted by atomic mass is 32.2. The lowest BCUT2D eigenvalue weighted by molar-refractivity contribution is -0.141. The molecule has 1 heterocycles. The number of hydrogen-bond acceptors (Lipinski definition) is 6. The Morgan fingerprint density at radius 2 is 2.00 bits per heavy atom. The maximum Gasteiger partial charge on any atom is 0.340 e. The summed E-state index contributed by atoms with van der Waals surface area (Å²) in [4.78, 5) is 35.8. The van der Waals surface area contributed by atoms with E-state index in [1.165, 1.54) is 18.9 Å². The summed E-state index contributed by atoms with van der Waals surface area (Å²) in [6.45, 7) is 3.53. The molecule has 2 aromatic rings. The number of aryl methyl sites for hydroxylation is 2. The number of carboxylic acid groups (broad SMARTS) is 1. The normalized spacial score (nSPS) is 12.0. The molecule has 140 valence electrons. The van der Waals surface area contributed by atoms with E-state index in [2.05, 4.69) is 5.32 Å². The Kier molecular flexibility index (Phi) is 6.31. The van der Waals surface area contributed by atoms with Gasteiger partial charge in [0.25, 0.3) is 0 Å². The number of thioether (sulfide) groups is 1. The monoisotopic (exact) mass is 379 g/mol. The third-order valence-corrected chi connectivity index (χ3v) is 4.84. The first-order chi connectivity index (χ1) is 12.3. The highest BCUT2D eigenvalue weighted by Gasteiger charge is 2.22. The lowest BCUT2D eigenvalue weighted by atomic mass is 10.0. The average molecular weight is 379 g/mol. The Balaban J connectivity index is 2.37. The summed E-state index contributed by atoms with van der Waals surface area (Å²) >= 11 is 1.31. The van der Waals surface area contributed by atoms with Gasteiger partial charge in [-0.25, -0.2) is 9.59 Å². The standard InChI is InChI=1S/C18H21NO6S/c1-9-11-5-6-14(24-3)10(2)16(11)25-18(23)12(9)7-15(20)19-13(8-26-4)17(21)22/h5-6,13H,7-8H2,1-4H3,(H,19,20)(H,21,22)/t13-/m1/s1. The molecule has 0 fully saturated rings. The highest BCUT2D eigenvalue weighted by molar-refractivity contribution is 7.98. The summed E-state index contributed by atoms with van der Waals surface area (Å²) in [6.07, 6.45) is 1.51. The van der Waals surface area contributed by atoms with Crippen molar-refractivity contribution in [2.75, 3.05) is 19.1 Å². The van der Waals surface area contributed by atoms with Gasteiger partial charge in [0.2, 0.25) is 5.91 Å². The highest BCUT2D eigenvalue weighted by Crippen LogP contribution is 2.29. The Labute approximate surface area is 154 Å². The van der Waals surface area contributed by atoms with Crippen molar-refractivity contribution < 1.29 is 23.8 Å². The lowest BCUT2D eigenvalue weighted by Gasteiger charge is -2.14. The van der Waals surface area contributed by atoms with E-state index in [0.29, 0.717) is 27.8 Å². The van der Waals surface area contributed by atoms with Crippen molar-refractivity contribution in [1.82, 2.24) is 5.32 Å². The van der Waals surface area contributed by atoms with Gasteiger partial charge in [0, 0.05) is 16.7 Å². The van der Waals surface area contributed by atoms with Gasteiger partial charge in [0.15, 0.2) is 0 Å². The maximum absolute atomic E-state index is 12.4. The van der Waals surface area contributed by atoms with Crippen molar-refractivity contribution >= 4 is 34.6 Å². The van der Waals surface area contributed by atoms with E-state index >= 15 is 0 Å². The third-order valence-electron chi connectivity index (χ3n) is 4.18. The Bertz CT molecular complexity index is 905. The number of carboxylic acids is 1. The molecular formula is C18H21NO6S. The molecule has 0 aliphatic carbocycles. The molecule has 2 N–H and O–H groups in total. The van der Waals surface area contributed by atoms with Crippen molar-refractivity contribution in [2.24, 2.45) is 0 Å². The van der Waals surface area contributed by atoms with Gasteiger partial charge in [0.1, 0.15) is 17.4 Å². The van der Waals surface area contributed by atoms with Crippen molar-refractivity contribution in [3.05, 3.63) is 39.2 Å². The number of rotatable bonds is 7. The SMILES string of the molecule is COc1ccc2c(C)c(CC(=O)N[C@H](CSC)C(=O)O)c(=O)oc2c1C. The Morgan fingerprint density at radius 3 is 2.58 bits per heavy atom. The van der Waals surface area contributed by atoms with Crippen LogP contribution in [0.25, 0.3) is 11.0 Å². The second kappa shape index (κ2) is 8.27. The van der Waals surface area contributed by atoms with Crippen molar-refractivity contribution in [3.8, 4) is 5.75 Å². The first kappa shape index (κ1) is 19.8. The molecule has 8 heteroatoms. The zero-order chi connectivity index (χ0) is 19.4. The first-order valence-corrected chi connectivity index (χ1v) is 9.30. The summed E-state index contributed by atoms with van der Waals surface area (Å²) < 4.78 is 10.6. The fraction of sp³-hybridized carbons (Fsp3) is 0.389. The minimum atomic E-state index is -1.11. The average Bonchev–Trinajstić information content (AvgIpc) is 2.59. The number of fused-ring (bicyclic) bond motifs is 1. The Morgan fingerprint density at radius 1 is 1.31 bits per heavy atom. The third kappa shape index (κ3) is 4.01. The van der Waals surface area contributed by atoms with Gasteiger partial charge in [-0.05, 0) is 37.8 Å². The van der Waals surface area contributed by atoms with Crippen molar-refractivity contribution in [2.45, 2.75) is 26.3 Å². The summed E-state index contributed by atoms with van der Waals surface area (Å²) in [7, 11) is 1.53. The minimum absolute atomic E-state index is 0.216. The smallest absolute Gasteiger partial charge is 0.340 e. The topological polar surface area (TPSA) is 106 Å². The van der Waals surface area contributed by atoms with Crippen LogP contribution >= 0.6 is 11.8 Å². The van der Waals surface area contributed by atoms with Crippen LogP contribution in [0.15, 0.2) is 21.3 Å². The molecule has 0 bridgehead atoms. The van der Waals surface area contributed by atoms with Crippen LogP contribution in [0.5, 0.6) is 5.75 Å². The fourth-order valence-electron chi connectivity index (χ4n) is 2.74. The summed E-state index contributed by atoms with van der Waals surface area (Å²) in [6, 6.07) is 2.54. The molecular weight excluding hydrogens is 358 g/mol. The lowest BCUT2D eigenvalue weighted by Crippen LogP contribution is -2.43. The number of carbonyl (C=O) groups excluding carboxylic acids is 1. The van der Waals surface area contributed by atoms with Crippen LogP contribution in [0.2, 0.25) is 0 Å². The molecule has 0 aliphatic rings. The van der Waals surface area contributed by atoms with Crippen LogP contribution in [0, 0.1) is 13.8 Å². The number of aliphatic carboxylic acids is 1. The quantitative estimate of drug-likeness (QED) is 0.708. The summed E-state index contributed by atoms with van der Waals surface area (Å²) in [5.41, 5.74) is 1.36. The van der Waals surface area contributed by atoms with Gasteiger partial charge in [-0.3, -0.25) is 4.79 Å². The summed E-state index contributed by atoms with van der Waals surface area (Å²) in [5, 5.41) is 12.3. The molecule has 0 saturated heterocycles. The molecule has 7 nitrogen and oxygen atoms in total. The van der Waals surface area contributed by atoms with Gasteiger partial charge in [-0.15, -0.1) is 0 Å². The van der Waals surface area contributed by atoms with Gasteiger partial charge < -0.3 is 19.6 Å². The number of ether oxygens (including phenoxy) is 1. The van der Waals surface area contributed by atoms with E-state index in [1.54, 1.807) is 32.2 Å². The zero-order valence-electron chi connectivity index (χ0n) is 15.0. The van der Waals surface area contributed by atoms with Crippen LogP contribution < -0.4 is 15.7 Å². The number of hydrogen-bond donors (Lipinski definition) is 2. The van der Waals surface area contributed by atoms with E-state index in [1.807, 2.05) is 0 Å². The van der Waals surface area contributed by atoms with E-state index in [4.69, 9.17) is 14.3 Å².